The van der Waals surface area contributed by atoms with Crippen molar-refractivity contribution in [3.63, 3.8) is 0 Å². The number of anilines is 1. The number of Topliss-reactive ketones (excluding diaryl/α,β-unsaturated/α-hetero) is 1. The molecule has 1 fully saturated rings. The standard InChI is InChI=1S/C26H29N3O/c1-19-16-23(12-13-27-19)22-8-6-21(7-9-22)17-25(30)20(2)24-10-11-26(28-18-24)29-14-4-3-5-15-29/h6-13,16,18,20H,3-5,14-15,17H2,1-2H3. The molecule has 30 heavy (non-hydrogen) atoms. The number of piperidine rings is 1. The third-order valence-corrected chi connectivity index (χ3v) is 6.00. The van der Waals surface area contributed by atoms with Gasteiger partial charge in [0.05, 0.1) is 0 Å². The van der Waals surface area contributed by atoms with Crippen molar-refractivity contribution in [3.05, 3.63) is 77.7 Å². The van der Waals surface area contributed by atoms with E-state index >= 15 is 0 Å². The summed E-state index contributed by atoms with van der Waals surface area (Å²) in [5.41, 5.74) is 5.32. The molecule has 0 spiro atoms. The van der Waals surface area contributed by atoms with Gasteiger partial charge in [0, 0.05) is 43.5 Å². The molecule has 4 nitrogen and oxygen atoms in total. The number of carbonyl (C=O) groups excluding carboxylic acids is 1. The zero-order valence-corrected chi connectivity index (χ0v) is 17.8. The van der Waals surface area contributed by atoms with Crippen molar-refractivity contribution < 1.29 is 4.79 Å². The average Bonchev–Trinajstić information content (AvgIpc) is 2.80. The minimum absolute atomic E-state index is 0.157. The lowest BCUT2D eigenvalue weighted by molar-refractivity contribution is -0.119. The maximum Gasteiger partial charge on any atom is 0.144 e. The summed E-state index contributed by atoms with van der Waals surface area (Å²) in [6.07, 6.45) is 7.92. The van der Waals surface area contributed by atoms with E-state index in [1.165, 1.54) is 19.3 Å². The molecule has 2 aromatic heterocycles. The fraction of sp³-hybridized carbons (Fsp3) is 0.346. The zero-order chi connectivity index (χ0) is 20.9. The van der Waals surface area contributed by atoms with E-state index in [9.17, 15) is 4.79 Å². The minimum atomic E-state index is -0.157. The van der Waals surface area contributed by atoms with Gasteiger partial charge >= 0.3 is 0 Å². The summed E-state index contributed by atoms with van der Waals surface area (Å²) in [7, 11) is 0. The molecule has 0 aliphatic carbocycles. The monoisotopic (exact) mass is 399 g/mol. The second kappa shape index (κ2) is 9.21. The zero-order valence-electron chi connectivity index (χ0n) is 17.8. The first-order valence-corrected chi connectivity index (χ1v) is 10.9. The maximum absolute atomic E-state index is 12.9. The first-order chi connectivity index (χ1) is 14.6. The number of nitrogens with zero attached hydrogens (tertiary/aromatic N) is 3. The molecule has 3 aromatic rings. The van der Waals surface area contributed by atoms with Crippen LogP contribution in [0.1, 0.15) is 48.9 Å². The Kier molecular flexibility index (Phi) is 6.22. The van der Waals surface area contributed by atoms with Crippen LogP contribution in [0, 0.1) is 6.92 Å². The van der Waals surface area contributed by atoms with E-state index in [-0.39, 0.29) is 11.7 Å². The summed E-state index contributed by atoms with van der Waals surface area (Å²) in [6.45, 7) is 6.13. The maximum atomic E-state index is 12.9. The number of benzene rings is 1. The highest BCUT2D eigenvalue weighted by atomic mass is 16.1. The molecule has 1 aromatic carbocycles. The first-order valence-electron chi connectivity index (χ1n) is 10.9. The van der Waals surface area contributed by atoms with Crippen LogP contribution in [-0.2, 0) is 11.2 Å². The van der Waals surface area contributed by atoms with Crippen LogP contribution in [0.25, 0.3) is 11.1 Å². The lowest BCUT2D eigenvalue weighted by atomic mass is 9.93. The number of aromatic nitrogens is 2. The Morgan fingerprint density at radius 2 is 1.73 bits per heavy atom. The minimum Gasteiger partial charge on any atom is -0.357 e. The van der Waals surface area contributed by atoms with E-state index in [0.29, 0.717) is 6.42 Å². The molecular formula is C26H29N3O. The van der Waals surface area contributed by atoms with Crippen molar-refractivity contribution in [3.8, 4) is 11.1 Å². The molecule has 0 N–H and O–H groups in total. The molecule has 1 unspecified atom stereocenters. The van der Waals surface area contributed by atoms with Crippen molar-refractivity contribution in [1.29, 1.82) is 0 Å². The largest absolute Gasteiger partial charge is 0.357 e. The van der Waals surface area contributed by atoms with Gasteiger partial charge in [-0.3, -0.25) is 9.78 Å². The molecule has 1 aliphatic rings. The van der Waals surface area contributed by atoms with E-state index < -0.39 is 0 Å². The number of ketones is 1. The summed E-state index contributed by atoms with van der Waals surface area (Å²) in [5, 5.41) is 0. The van der Waals surface area contributed by atoms with Crippen molar-refractivity contribution in [1.82, 2.24) is 9.97 Å². The van der Waals surface area contributed by atoms with Gasteiger partial charge in [0.25, 0.3) is 0 Å². The van der Waals surface area contributed by atoms with Crippen molar-refractivity contribution >= 4 is 11.6 Å². The lowest BCUT2D eigenvalue weighted by Gasteiger charge is -2.27. The second-order valence-electron chi connectivity index (χ2n) is 8.25. The molecule has 0 radical (unpaired) electrons. The van der Waals surface area contributed by atoms with Gasteiger partial charge in [-0.15, -0.1) is 0 Å². The fourth-order valence-electron chi connectivity index (χ4n) is 4.04. The number of hydrogen-bond acceptors (Lipinski definition) is 4. The van der Waals surface area contributed by atoms with Gasteiger partial charge in [-0.1, -0.05) is 37.3 Å². The quantitative estimate of drug-likeness (QED) is 0.560. The molecule has 4 rings (SSSR count). The highest BCUT2D eigenvalue weighted by Crippen LogP contribution is 2.24. The number of pyridine rings is 2. The molecular weight excluding hydrogens is 370 g/mol. The second-order valence-corrected chi connectivity index (χ2v) is 8.25. The highest BCUT2D eigenvalue weighted by molar-refractivity contribution is 5.87. The van der Waals surface area contributed by atoms with Crippen LogP contribution in [0.2, 0.25) is 0 Å². The van der Waals surface area contributed by atoms with Crippen LogP contribution in [0.5, 0.6) is 0 Å². The Balaban J connectivity index is 1.39. The van der Waals surface area contributed by atoms with E-state index in [4.69, 9.17) is 0 Å². The third-order valence-electron chi connectivity index (χ3n) is 6.00. The summed E-state index contributed by atoms with van der Waals surface area (Å²) < 4.78 is 0. The van der Waals surface area contributed by atoms with Crippen molar-refractivity contribution in [2.24, 2.45) is 0 Å². The van der Waals surface area contributed by atoms with Crippen LogP contribution in [0.4, 0.5) is 5.82 Å². The van der Waals surface area contributed by atoms with Crippen LogP contribution < -0.4 is 4.90 Å². The molecule has 3 heterocycles. The van der Waals surface area contributed by atoms with E-state index in [2.05, 4.69) is 45.2 Å². The van der Waals surface area contributed by atoms with Crippen LogP contribution in [0.3, 0.4) is 0 Å². The van der Waals surface area contributed by atoms with Crippen molar-refractivity contribution in [2.45, 2.75) is 45.4 Å². The average molecular weight is 400 g/mol. The number of aryl methyl sites for hydroxylation is 1. The number of hydrogen-bond donors (Lipinski definition) is 0. The van der Waals surface area contributed by atoms with Gasteiger partial charge in [-0.2, -0.15) is 0 Å². The molecule has 1 aliphatic heterocycles. The normalized spacial score (nSPS) is 15.1. The van der Waals surface area contributed by atoms with Gasteiger partial charge in [0.1, 0.15) is 11.6 Å². The lowest BCUT2D eigenvalue weighted by Crippen LogP contribution is -2.30. The van der Waals surface area contributed by atoms with Gasteiger partial charge in [-0.25, -0.2) is 4.98 Å². The van der Waals surface area contributed by atoms with Gasteiger partial charge in [0.15, 0.2) is 0 Å². The van der Waals surface area contributed by atoms with Crippen LogP contribution >= 0.6 is 0 Å². The molecule has 154 valence electrons. The Morgan fingerprint density at radius 1 is 0.967 bits per heavy atom. The number of rotatable bonds is 6. The topological polar surface area (TPSA) is 46.1 Å². The molecule has 0 amide bonds. The Morgan fingerprint density at radius 3 is 2.40 bits per heavy atom. The van der Waals surface area contributed by atoms with E-state index in [1.807, 2.05) is 44.4 Å². The van der Waals surface area contributed by atoms with Crippen LogP contribution in [-0.4, -0.2) is 28.8 Å². The third kappa shape index (κ3) is 4.76. The predicted molar refractivity (Wildman–Crippen MR) is 122 cm³/mol. The SMILES string of the molecule is Cc1cc(-c2ccc(CC(=O)C(C)c3ccc(N4CCCCC4)nc3)cc2)ccn1. The van der Waals surface area contributed by atoms with E-state index in [1.54, 1.807) is 0 Å². The number of carbonyl (C=O) groups is 1. The van der Waals surface area contributed by atoms with Gasteiger partial charge in [0.2, 0.25) is 0 Å². The summed E-state index contributed by atoms with van der Waals surface area (Å²) in [6, 6.07) is 16.5. The predicted octanol–water partition coefficient (Wildman–Crippen LogP) is 5.36. The summed E-state index contributed by atoms with van der Waals surface area (Å²) in [5.74, 6) is 1.09. The Hall–Kier alpha value is -3.01. The smallest absolute Gasteiger partial charge is 0.144 e. The molecule has 1 saturated heterocycles. The van der Waals surface area contributed by atoms with Crippen LogP contribution in [0.15, 0.2) is 60.9 Å². The Labute approximate surface area is 179 Å². The fourth-order valence-corrected chi connectivity index (χ4v) is 4.04. The molecule has 4 heteroatoms. The molecule has 0 saturated carbocycles. The molecule has 1 atom stereocenters. The summed E-state index contributed by atoms with van der Waals surface area (Å²) >= 11 is 0. The Bertz CT molecular complexity index is 990. The van der Waals surface area contributed by atoms with Gasteiger partial charge in [-0.05, 0) is 66.6 Å². The van der Waals surface area contributed by atoms with Crippen molar-refractivity contribution in [2.75, 3.05) is 18.0 Å². The van der Waals surface area contributed by atoms with E-state index in [0.717, 1.165) is 46.9 Å². The summed E-state index contributed by atoms with van der Waals surface area (Å²) in [4.78, 5) is 24.1. The molecule has 0 bridgehead atoms. The van der Waals surface area contributed by atoms with Gasteiger partial charge < -0.3 is 4.90 Å². The highest BCUT2D eigenvalue weighted by Gasteiger charge is 2.18. The first kappa shape index (κ1) is 20.3.